The molecule has 4 heterocycles. The molecule has 326 valence electrons. The lowest BCUT2D eigenvalue weighted by Crippen LogP contribution is -2.56. The van der Waals surface area contributed by atoms with Crippen LogP contribution in [0.25, 0.3) is 44.7 Å². The van der Waals surface area contributed by atoms with E-state index in [4.69, 9.17) is 28.2 Å². The fraction of sp³-hybridized carbons (Fsp3) is 0. The lowest BCUT2D eigenvalue weighted by molar-refractivity contribution is -0.571. The highest BCUT2D eigenvalue weighted by Crippen LogP contribution is 2.55. The topological polar surface area (TPSA) is 49.9 Å². The average Bonchev–Trinajstić information content (AvgIpc) is 3.93. The third kappa shape index (κ3) is 6.95. The monoisotopic (exact) mass is 898 g/mol. The van der Waals surface area contributed by atoms with Gasteiger partial charge in [0.15, 0.2) is 0 Å². The molecular weight excluding hydrogens is 848 g/mol. The van der Waals surface area contributed by atoms with Crippen molar-refractivity contribution in [1.82, 2.24) is 9.55 Å². The molecule has 0 atom stereocenters. The first kappa shape index (κ1) is 30.8. The number of ether oxygens (including phenoxy) is 2. The summed E-state index contributed by atoms with van der Waals surface area (Å²) < 4.78 is 105. The highest BCUT2D eigenvalue weighted by Gasteiger charge is 2.51. The maximum atomic E-state index is 9.08. The number of nitrogens with zero attached hydrogens (tertiary/aromatic N) is 6. The van der Waals surface area contributed by atoms with Crippen molar-refractivity contribution in [2.24, 2.45) is 0 Å². The van der Waals surface area contributed by atoms with Crippen molar-refractivity contribution in [2.45, 2.75) is 0 Å². The minimum atomic E-state index is -0.575. The Bertz CT molecular complexity index is 4140. The van der Waals surface area contributed by atoms with E-state index in [9.17, 15) is 0 Å². The smallest absolute Gasteiger partial charge is 0.458 e. The lowest BCUT2D eigenvalue weighted by atomic mass is 9.82. The summed E-state index contributed by atoms with van der Waals surface area (Å²) in [5.74, 6) is 3.05. The van der Waals surface area contributed by atoms with Gasteiger partial charge in [0.05, 0.1) is 58.9 Å². The van der Waals surface area contributed by atoms with Crippen LogP contribution in [0.1, 0.15) is 13.7 Å². The first-order valence-electron chi connectivity index (χ1n) is 27.2. The molecule has 0 saturated heterocycles. The quantitative estimate of drug-likeness (QED) is 0.0860. The van der Waals surface area contributed by atoms with E-state index in [2.05, 4.69) is 45.0 Å². The van der Waals surface area contributed by atoms with Crippen LogP contribution in [0.5, 0.6) is 23.0 Å². The van der Waals surface area contributed by atoms with E-state index in [0.717, 1.165) is 28.4 Å². The standard InChI is InChI=1S/C60H41BN6O2/c1-4-20-43(21-5-1)49-28-19-29-50(44-22-6-2-7-23-44)60(49)64-42-63(51-30-10-11-31-52(51)64)46-26-18-27-47(40-46)68-48-37-38-53-56(41-48)67(59-36-16-17-39-62-59)61-65(45-24-8-3-9-25-45)54-32-12-14-34-57(54)69-58-35-15-13-33-55(58)66(53)61/h1-41H/i1D,2D,4D,5D,6D,7D,20D,21D,22D,23D. The van der Waals surface area contributed by atoms with E-state index in [-0.39, 0.29) is 27.9 Å². The molecule has 2 aromatic heterocycles. The minimum Gasteiger partial charge on any atom is -0.458 e. The van der Waals surface area contributed by atoms with Gasteiger partial charge >= 0.3 is 7.12 Å². The van der Waals surface area contributed by atoms with Gasteiger partial charge in [-0.05, 0) is 101 Å². The number of imidazole rings is 1. The number of para-hydroxylation sites is 8. The zero-order valence-electron chi connectivity index (χ0n) is 46.5. The van der Waals surface area contributed by atoms with Gasteiger partial charge in [-0.15, -0.1) is 0 Å². The largest absolute Gasteiger partial charge is 0.520 e. The third-order valence-electron chi connectivity index (χ3n) is 12.2. The van der Waals surface area contributed by atoms with Gasteiger partial charge in [-0.2, -0.15) is 0 Å². The van der Waals surface area contributed by atoms with Crippen LogP contribution in [0.3, 0.4) is 0 Å². The van der Waals surface area contributed by atoms with E-state index in [0.29, 0.717) is 45.5 Å². The average molecular weight is 899 g/mol. The van der Waals surface area contributed by atoms with E-state index >= 15 is 0 Å². The molecule has 9 aromatic carbocycles. The van der Waals surface area contributed by atoms with E-state index in [1.54, 1.807) is 33.5 Å². The van der Waals surface area contributed by atoms with Crippen LogP contribution < -0.4 is 28.5 Å². The molecule has 0 amide bonds. The lowest BCUT2D eigenvalue weighted by Gasteiger charge is -2.40. The molecule has 0 bridgehead atoms. The van der Waals surface area contributed by atoms with Gasteiger partial charge in [-0.1, -0.05) is 157 Å². The van der Waals surface area contributed by atoms with Gasteiger partial charge in [-0.3, -0.25) is 9.13 Å². The van der Waals surface area contributed by atoms with Crippen molar-refractivity contribution in [3.63, 3.8) is 0 Å². The van der Waals surface area contributed by atoms with Crippen LogP contribution >= 0.6 is 0 Å². The molecule has 0 spiro atoms. The summed E-state index contributed by atoms with van der Waals surface area (Å²) in [5, 5.41) is 0. The molecule has 13 rings (SSSR count). The summed E-state index contributed by atoms with van der Waals surface area (Å²) in [6.45, 7) is 0. The Morgan fingerprint density at radius 2 is 1.13 bits per heavy atom. The number of aromatic nitrogens is 3. The Morgan fingerprint density at radius 3 is 1.86 bits per heavy atom. The van der Waals surface area contributed by atoms with Gasteiger partial charge in [0.1, 0.15) is 28.8 Å². The molecule has 2 aliphatic heterocycles. The molecule has 9 heteroatoms. The Balaban J connectivity index is 0.962. The zero-order valence-corrected chi connectivity index (χ0v) is 36.5. The molecule has 11 aromatic rings. The van der Waals surface area contributed by atoms with Crippen molar-refractivity contribution in [1.29, 1.82) is 0 Å². The first-order valence-corrected chi connectivity index (χ1v) is 22.2. The van der Waals surface area contributed by atoms with Gasteiger partial charge < -0.3 is 23.9 Å². The maximum absolute atomic E-state index is 9.08. The van der Waals surface area contributed by atoms with Crippen molar-refractivity contribution < 1.29 is 27.7 Å². The Hall–Kier alpha value is -9.34. The molecular formula is C60H41BN6O2. The number of pyridine rings is 1. The highest BCUT2D eigenvalue weighted by molar-refractivity contribution is 6.77. The SMILES string of the molecule is [2H]c1c([2H])c([2H])c(-c2cccc(-c3c([2H])c([2H])c([2H])c([2H])c3[2H])c2-[n+]2[c-]n(-c3cccc(Oc4ccc5c(c4)N(c4ccccn4)B4N(c6ccccc6)c6ccccc6Oc6ccccc6N45)c3)c3ccccc32)c([2H])c1[2H]. The fourth-order valence-corrected chi connectivity index (χ4v) is 9.34. The Kier molecular flexibility index (Phi) is 7.51. The van der Waals surface area contributed by atoms with Gasteiger partial charge in [0.2, 0.25) is 0 Å². The molecule has 0 fully saturated rings. The minimum absolute atomic E-state index is 0.142. The maximum Gasteiger partial charge on any atom is 0.520 e. The molecule has 69 heavy (non-hydrogen) atoms. The number of benzene rings is 9. The van der Waals surface area contributed by atoms with Crippen LogP contribution in [0.2, 0.25) is 0 Å². The number of anilines is 6. The summed E-state index contributed by atoms with van der Waals surface area (Å²) in [4.78, 5) is 11.7. The molecule has 0 aliphatic carbocycles. The van der Waals surface area contributed by atoms with Gasteiger partial charge in [0, 0.05) is 18.0 Å². The van der Waals surface area contributed by atoms with Crippen LogP contribution in [-0.2, 0) is 0 Å². The Morgan fingerprint density at radius 1 is 0.507 bits per heavy atom. The summed E-state index contributed by atoms with van der Waals surface area (Å²) in [6, 6.07) is 52.2. The predicted molar refractivity (Wildman–Crippen MR) is 277 cm³/mol. The van der Waals surface area contributed by atoms with Crippen molar-refractivity contribution in [3.05, 3.63) is 255 Å². The number of hydrogen-bond donors (Lipinski definition) is 0. The van der Waals surface area contributed by atoms with E-state index in [1.807, 2.05) is 140 Å². The molecule has 0 N–H and O–H groups in total. The van der Waals surface area contributed by atoms with Gasteiger partial charge in [0.25, 0.3) is 6.33 Å². The molecule has 2 aliphatic rings. The zero-order chi connectivity index (χ0) is 54.4. The second-order valence-corrected chi connectivity index (χ2v) is 16.2. The Labute approximate surface area is 414 Å². The third-order valence-corrected chi connectivity index (χ3v) is 12.2. The first-order chi connectivity index (χ1) is 38.4. The van der Waals surface area contributed by atoms with Crippen LogP contribution in [0.4, 0.5) is 34.3 Å². The number of rotatable bonds is 8. The molecule has 8 nitrogen and oxygen atoms in total. The second kappa shape index (κ2) is 16.8. The molecule has 0 radical (unpaired) electrons. The summed E-state index contributed by atoms with van der Waals surface area (Å²) in [6.07, 6.45) is 5.24. The molecule has 0 saturated carbocycles. The van der Waals surface area contributed by atoms with Crippen molar-refractivity contribution in [2.75, 3.05) is 14.4 Å². The normalized spacial score (nSPS) is 14.7. The van der Waals surface area contributed by atoms with E-state index < -0.39 is 67.5 Å². The second-order valence-electron chi connectivity index (χ2n) is 16.2. The van der Waals surface area contributed by atoms with Crippen molar-refractivity contribution >= 4 is 52.4 Å². The summed E-state index contributed by atoms with van der Waals surface area (Å²) >= 11 is 0. The summed E-state index contributed by atoms with van der Waals surface area (Å²) in [5.41, 5.74) is 6.25. The highest BCUT2D eigenvalue weighted by atomic mass is 16.5. The van der Waals surface area contributed by atoms with Crippen LogP contribution in [0.15, 0.2) is 249 Å². The number of fused-ring (bicyclic) bond motifs is 7. The fourth-order valence-electron chi connectivity index (χ4n) is 9.34. The van der Waals surface area contributed by atoms with Crippen LogP contribution in [-0.4, -0.2) is 16.7 Å². The van der Waals surface area contributed by atoms with Crippen LogP contribution in [0, 0.1) is 6.33 Å². The van der Waals surface area contributed by atoms with E-state index in [1.165, 1.54) is 0 Å². The van der Waals surface area contributed by atoms with Gasteiger partial charge in [-0.25, -0.2) is 4.98 Å². The van der Waals surface area contributed by atoms with Crippen molar-refractivity contribution in [3.8, 4) is 56.6 Å². The summed E-state index contributed by atoms with van der Waals surface area (Å²) in [7, 11) is -0.534. The molecule has 0 unspecified atom stereocenters. The number of hydrogen-bond acceptors (Lipinski definition) is 6. The predicted octanol–water partition coefficient (Wildman–Crippen LogP) is 14.4.